The molecule has 0 aliphatic rings. The van der Waals surface area contributed by atoms with Crippen molar-refractivity contribution in [2.75, 3.05) is 0 Å². The van der Waals surface area contributed by atoms with Gasteiger partial charge in [0.1, 0.15) is 23.4 Å². The van der Waals surface area contributed by atoms with Crippen molar-refractivity contribution in [1.29, 1.82) is 0 Å². The van der Waals surface area contributed by atoms with E-state index in [1.54, 1.807) is 19.1 Å². The Morgan fingerprint density at radius 1 is 1.08 bits per heavy atom. The lowest BCUT2D eigenvalue weighted by atomic mass is 10.2. The molecule has 2 N–H and O–H groups in total. The molecule has 2 aromatic heterocycles. The molecular weight excluding hydrogens is 339 g/mol. The maximum absolute atomic E-state index is 13.0. The first kappa shape index (κ1) is 17.7. The molecule has 2 heterocycles. The van der Waals surface area contributed by atoms with Gasteiger partial charge in [-0.1, -0.05) is 5.16 Å². The number of hydrogen-bond donors (Lipinski definition) is 2. The number of halogens is 1. The Morgan fingerprint density at radius 3 is 2.42 bits per heavy atom. The number of nitrogens with one attached hydrogen (secondary N) is 2. The molecule has 0 aliphatic heterocycles. The molecule has 0 saturated carbocycles. The van der Waals surface area contributed by atoms with Crippen LogP contribution < -0.4 is 10.6 Å². The molecule has 0 fully saturated rings. The first-order chi connectivity index (χ1) is 12.4. The van der Waals surface area contributed by atoms with Crippen LogP contribution in [0.15, 0.2) is 45.3 Å². The Morgan fingerprint density at radius 2 is 1.77 bits per heavy atom. The Kier molecular flexibility index (Phi) is 5.01. The minimum atomic E-state index is -0.498. The van der Waals surface area contributed by atoms with Gasteiger partial charge in [0.2, 0.25) is 11.7 Å². The second-order valence-corrected chi connectivity index (χ2v) is 5.97. The number of rotatable bonds is 5. The van der Waals surface area contributed by atoms with Crippen LogP contribution in [0, 0.1) is 12.7 Å². The average molecular weight is 358 g/mol. The van der Waals surface area contributed by atoms with E-state index in [-0.39, 0.29) is 23.8 Å². The molecule has 0 bridgehead atoms. The van der Waals surface area contributed by atoms with Crippen molar-refractivity contribution in [3.8, 4) is 11.4 Å². The zero-order valence-electron chi connectivity index (χ0n) is 14.6. The Bertz CT molecular complexity index is 888. The van der Waals surface area contributed by atoms with Crippen molar-refractivity contribution in [1.82, 2.24) is 20.8 Å². The Labute approximate surface area is 149 Å². The largest absolute Gasteiger partial charge is 0.464 e. The van der Waals surface area contributed by atoms with Crippen LogP contribution in [-0.2, 0) is 0 Å². The summed E-state index contributed by atoms with van der Waals surface area (Å²) < 4.78 is 23.7. The van der Waals surface area contributed by atoms with Crippen LogP contribution in [0.5, 0.6) is 0 Å². The van der Waals surface area contributed by atoms with Crippen LogP contribution in [0.4, 0.5) is 9.18 Å². The third-order valence-corrected chi connectivity index (χ3v) is 3.80. The quantitative estimate of drug-likeness (QED) is 0.721. The molecule has 3 rings (SSSR count). The predicted molar refractivity (Wildman–Crippen MR) is 91.6 cm³/mol. The molecular formula is C18H19FN4O3. The third-order valence-electron chi connectivity index (χ3n) is 3.80. The number of nitrogens with zero attached hydrogens (tertiary/aromatic N) is 2. The fourth-order valence-electron chi connectivity index (χ4n) is 2.38. The maximum Gasteiger partial charge on any atom is 0.316 e. The van der Waals surface area contributed by atoms with Crippen LogP contribution in [0.3, 0.4) is 0 Å². The molecule has 136 valence electrons. The topological polar surface area (TPSA) is 93.2 Å². The molecule has 0 aliphatic carbocycles. The minimum Gasteiger partial charge on any atom is -0.464 e. The highest BCUT2D eigenvalue weighted by Gasteiger charge is 2.19. The van der Waals surface area contributed by atoms with Crippen LogP contribution in [-0.4, -0.2) is 16.2 Å². The van der Waals surface area contributed by atoms with E-state index in [2.05, 4.69) is 20.8 Å². The second kappa shape index (κ2) is 7.38. The summed E-state index contributed by atoms with van der Waals surface area (Å²) in [5.74, 6) is 1.68. The number of aryl methyl sites for hydroxylation is 1. The van der Waals surface area contributed by atoms with Crippen molar-refractivity contribution >= 4 is 6.03 Å². The summed E-state index contributed by atoms with van der Waals surface area (Å²) in [7, 11) is 0. The number of amides is 2. The summed E-state index contributed by atoms with van der Waals surface area (Å²) in [6.45, 7) is 5.39. The number of urea groups is 1. The maximum atomic E-state index is 13.0. The van der Waals surface area contributed by atoms with Gasteiger partial charge in [-0.2, -0.15) is 4.98 Å². The van der Waals surface area contributed by atoms with Gasteiger partial charge in [-0.25, -0.2) is 9.18 Å². The third kappa shape index (κ3) is 4.08. The first-order valence-corrected chi connectivity index (χ1v) is 8.15. The molecule has 1 aromatic carbocycles. The van der Waals surface area contributed by atoms with Gasteiger partial charge in [-0.3, -0.25) is 0 Å². The van der Waals surface area contributed by atoms with E-state index in [0.717, 1.165) is 5.76 Å². The Balaban J connectivity index is 1.60. The average Bonchev–Trinajstić information content (AvgIpc) is 3.24. The highest BCUT2D eigenvalue weighted by atomic mass is 19.1. The molecule has 0 radical (unpaired) electrons. The van der Waals surface area contributed by atoms with Gasteiger partial charge in [-0.05, 0) is 57.2 Å². The molecule has 0 saturated heterocycles. The lowest BCUT2D eigenvalue weighted by Gasteiger charge is -2.14. The second-order valence-electron chi connectivity index (χ2n) is 5.97. The molecule has 2 amide bonds. The fourth-order valence-corrected chi connectivity index (χ4v) is 2.38. The zero-order valence-corrected chi connectivity index (χ0v) is 14.6. The first-order valence-electron chi connectivity index (χ1n) is 8.15. The van der Waals surface area contributed by atoms with Crippen molar-refractivity contribution < 1.29 is 18.1 Å². The Hall–Kier alpha value is -3.16. The normalized spacial score (nSPS) is 13.2. The smallest absolute Gasteiger partial charge is 0.316 e. The van der Waals surface area contributed by atoms with Crippen LogP contribution >= 0.6 is 0 Å². The van der Waals surface area contributed by atoms with E-state index in [9.17, 15) is 9.18 Å². The van der Waals surface area contributed by atoms with Gasteiger partial charge in [0, 0.05) is 5.56 Å². The predicted octanol–water partition coefficient (Wildman–Crippen LogP) is 3.90. The van der Waals surface area contributed by atoms with E-state index in [1.165, 1.54) is 12.1 Å². The number of furan rings is 1. The van der Waals surface area contributed by atoms with Crippen molar-refractivity contribution in [2.45, 2.75) is 32.9 Å². The van der Waals surface area contributed by atoms with E-state index in [4.69, 9.17) is 8.94 Å². The number of aromatic nitrogens is 2. The number of carbonyl (C=O) groups excluding carboxylic acids is 1. The summed E-state index contributed by atoms with van der Waals surface area (Å²) in [5, 5.41) is 9.37. The van der Waals surface area contributed by atoms with Gasteiger partial charge in [0.25, 0.3) is 0 Å². The molecule has 2 unspecified atom stereocenters. The van der Waals surface area contributed by atoms with Gasteiger partial charge < -0.3 is 19.6 Å². The number of carbonyl (C=O) groups is 1. The standard InChI is InChI=1S/C18H19FN4O3/c1-10-4-9-15(25-10)11(2)20-18(24)21-12(3)17-22-16(23-26-17)13-5-7-14(19)8-6-13/h4-9,11-12H,1-3H3,(H2,20,21,24). The number of hydrogen-bond acceptors (Lipinski definition) is 5. The van der Waals surface area contributed by atoms with Gasteiger partial charge in [0.05, 0.1) is 6.04 Å². The summed E-state index contributed by atoms with van der Waals surface area (Å²) in [4.78, 5) is 16.4. The van der Waals surface area contributed by atoms with Gasteiger partial charge in [-0.15, -0.1) is 0 Å². The summed E-state index contributed by atoms with van der Waals surface area (Å²) >= 11 is 0. The monoisotopic (exact) mass is 358 g/mol. The molecule has 26 heavy (non-hydrogen) atoms. The molecule has 0 spiro atoms. The van der Waals surface area contributed by atoms with Crippen molar-refractivity contribution in [2.24, 2.45) is 0 Å². The van der Waals surface area contributed by atoms with Crippen LogP contribution in [0.2, 0.25) is 0 Å². The lowest BCUT2D eigenvalue weighted by molar-refractivity contribution is 0.229. The van der Waals surface area contributed by atoms with E-state index in [0.29, 0.717) is 17.1 Å². The highest BCUT2D eigenvalue weighted by molar-refractivity contribution is 5.74. The van der Waals surface area contributed by atoms with E-state index >= 15 is 0 Å². The molecule has 2 atom stereocenters. The van der Waals surface area contributed by atoms with Gasteiger partial charge in [0.15, 0.2) is 0 Å². The fraction of sp³-hybridized carbons (Fsp3) is 0.278. The molecule has 8 heteroatoms. The van der Waals surface area contributed by atoms with Gasteiger partial charge >= 0.3 is 6.03 Å². The molecule has 7 nitrogen and oxygen atoms in total. The van der Waals surface area contributed by atoms with E-state index in [1.807, 2.05) is 26.0 Å². The highest BCUT2D eigenvalue weighted by Crippen LogP contribution is 2.19. The van der Waals surface area contributed by atoms with Crippen molar-refractivity contribution in [3.05, 3.63) is 59.6 Å². The zero-order chi connectivity index (χ0) is 18.7. The summed E-state index contributed by atoms with van der Waals surface area (Å²) in [5.41, 5.74) is 0.625. The minimum absolute atomic E-state index is 0.251. The lowest BCUT2D eigenvalue weighted by Crippen LogP contribution is -2.38. The summed E-state index contributed by atoms with van der Waals surface area (Å²) in [6.07, 6.45) is 0. The molecule has 3 aromatic rings. The summed E-state index contributed by atoms with van der Waals surface area (Å²) in [6, 6.07) is 8.23. The number of benzene rings is 1. The SMILES string of the molecule is Cc1ccc(C(C)NC(=O)NC(C)c2nc(-c3ccc(F)cc3)no2)o1. The van der Waals surface area contributed by atoms with Crippen LogP contribution in [0.1, 0.15) is 43.3 Å². The van der Waals surface area contributed by atoms with Crippen LogP contribution in [0.25, 0.3) is 11.4 Å². The van der Waals surface area contributed by atoms with Crippen molar-refractivity contribution in [3.63, 3.8) is 0 Å². The van der Waals surface area contributed by atoms with E-state index < -0.39 is 6.04 Å².